The van der Waals surface area contributed by atoms with Gasteiger partial charge in [0.1, 0.15) is 11.6 Å². The van der Waals surface area contributed by atoms with Crippen molar-refractivity contribution >= 4 is 15.9 Å². The van der Waals surface area contributed by atoms with Crippen molar-refractivity contribution in [1.29, 1.82) is 0 Å². The van der Waals surface area contributed by atoms with Gasteiger partial charge in [-0.1, -0.05) is 41.1 Å². The Morgan fingerprint density at radius 1 is 1.19 bits per heavy atom. The fourth-order valence-electron chi connectivity index (χ4n) is 2.33. The van der Waals surface area contributed by atoms with E-state index in [1.807, 2.05) is 44.2 Å². The lowest BCUT2D eigenvalue weighted by Gasteiger charge is -2.21. The third-order valence-corrected chi connectivity index (χ3v) is 3.89. The van der Waals surface area contributed by atoms with Gasteiger partial charge in [0.25, 0.3) is 0 Å². The zero-order valence-corrected chi connectivity index (χ0v) is 13.8. The Hall–Kier alpha value is -1.39. The number of rotatable bonds is 6. The van der Waals surface area contributed by atoms with Crippen molar-refractivity contribution in [2.24, 2.45) is 0 Å². The van der Waals surface area contributed by atoms with Gasteiger partial charge < -0.3 is 10.1 Å². The van der Waals surface area contributed by atoms with Crippen molar-refractivity contribution < 1.29 is 9.13 Å². The smallest absolute Gasteiger partial charge is 0.129 e. The highest BCUT2D eigenvalue weighted by Gasteiger charge is 2.20. The van der Waals surface area contributed by atoms with Gasteiger partial charge >= 0.3 is 0 Å². The summed E-state index contributed by atoms with van der Waals surface area (Å²) < 4.78 is 20.6. The molecular weight excluding hydrogens is 333 g/mol. The molecule has 0 aliphatic heterocycles. The van der Waals surface area contributed by atoms with Crippen molar-refractivity contribution in [3.63, 3.8) is 0 Å². The molecule has 0 saturated heterocycles. The molecule has 0 spiro atoms. The van der Waals surface area contributed by atoms with Crippen LogP contribution in [0.2, 0.25) is 0 Å². The van der Waals surface area contributed by atoms with Crippen LogP contribution in [-0.4, -0.2) is 13.2 Å². The molecule has 2 nitrogen and oxygen atoms in total. The Labute approximate surface area is 133 Å². The minimum atomic E-state index is -0.225. The van der Waals surface area contributed by atoms with E-state index in [9.17, 15) is 4.39 Å². The summed E-state index contributed by atoms with van der Waals surface area (Å²) >= 11 is 3.45. The van der Waals surface area contributed by atoms with Gasteiger partial charge in [0.15, 0.2) is 0 Å². The highest BCUT2D eigenvalue weighted by atomic mass is 79.9. The average molecular weight is 352 g/mol. The summed E-state index contributed by atoms with van der Waals surface area (Å²) in [5.74, 6) is 0.572. The molecule has 1 N–H and O–H groups in total. The monoisotopic (exact) mass is 351 g/mol. The fourth-order valence-corrected chi connectivity index (χ4v) is 2.90. The predicted octanol–water partition coefficient (Wildman–Crippen LogP) is 4.69. The van der Waals surface area contributed by atoms with Crippen molar-refractivity contribution in [1.82, 2.24) is 5.32 Å². The van der Waals surface area contributed by atoms with Crippen LogP contribution in [-0.2, 0) is 0 Å². The van der Waals surface area contributed by atoms with Gasteiger partial charge in [0, 0.05) is 10.0 Å². The molecule has 112 valence electrons. The molecule has 1 atom stereocenters. The molecule has 2 rings (SSSR count). The number of halogens is 2. The first kappa shape index (κ1) is 16.0. The third-order valence-electron chi connectivity index (χ3n) is 3.20. The van der Waals surface area contributed by atoms with E-state index in [-0.39, 0.29) is 11.9 Å². The van der Waals surface area contributed by atoms with Crippen LogP contribution in [0.4, 0.5) is 4.39 Å². The van der Waals surface area contributed by atoms with Crippen LogP contribution >= 0.6 is 15.9 Å². The van der Waals surface area contributed by atoms with Gasteiger partial charge in [-0.3, -0.25) is 0 Å². The Balaban J connectivity index is 2.46. The number of benzene rings is 2. The third kappa shape index (κ3) is 3.83. The Bertz CT molecular complexity index is 583. The molecule has 1 unspecified atom stereocenters. The molecule has 2 aromatic carbocycles. The van der Waals surface area contributed by atoms with Gasteiger partial charge in [-0.05, 0) is 43.3 Å². The Kier molecular flexibility index (Phi) is 5.76. The van der Waals surface area contributed by atoms with Gasteiger partial charge in [0.2, 0.25) is 0 Å². The van der Waals surface area contributed by atoms with E-state index in [2.05, 4.69) is 21.2 Å². The van der Waals surface area contributed by atoms with Crippen LogP contribution in [0.25, 0.3) is 0 Å². The topological polar surface area (TPSA) is 21.3 Å². The largest absolute Gasteiger partial charge is 0.494 e. The summed E-state index contributed by atoms with van der Waals surface area (Å²) in [4.78, 5) is 0. The minimum absolute atomic E-state index is 0.217. The molecule has 21 heavy (non-hydrogen) atoms. The maximum absolute atomic E-state index is 14.3. The van der Waals surface area contributed by atoms with Gasteiger partial charge in [-0.15, -0.1) is 0 Å². The van der Waals surface area contributed by atoms with Gasteiger partial charge in [-0.2, -0.15) is 0 Å². The van der Waals surface area contributed by atoms with Gasteiger partial charge in [-0.25, -0.2) is 4.39 Å². The van der Waals surface area contributed by atoms with Crippen LogP contribution in [0.15, 0.2) is 46.9 Å². The first-order valence-corrected chi connectivity index (χ1v) is 7.86. The maximum Gasteiger partial charge on any atom is 0.129 e. The summed E-state index contributed by atoms with van der Waals surface area (Å²) in [5.41, 5.74) is 1.60. The predicted molar refractivity (Wildman–Crippen MR) is 87.2 cm³/mol. The molecule has 4 heteroatoms. The molecule has 0 fully saturated rings. The molecule has 0 aliphatic carbocycles. The zero-order chi connectivity index (χ0) is 15.2. The zero-order valence-electron chi connectivity index (χ0n) is 12.2. The second kappa shape index (κ2) is 7.57. The van der Waals surface area contributed by atoms with Crippen molar-refractivity contribution in [3.8, 4) is 5.75 Å². The normalized spacial score (nSPS) is 12.2. The molecule has 0 aliphatic rings. The van der Waals surface area contributed by atoms with Crippen LogP contribution in [0.3, 0.4) is 0 Å². The van der Waals surface area contributed by atoms with Crippen LogP contribution < -0.4 is 10.1 Å². The highest BCUT2D eigenvalue weighted by Crippen LogP contribution is 2.32. The molecule has 2 aromatic rings. The minimum Gasteiger partial charge on any atom is -0.494 e. The molecule has 0 amide bonds. The standard InChI is InChI=1S/C17H19BrFNO/c1-3-20-17(16-14(18)9-6-10-15(16)19)12-7-5-8-13(11-12)21-4-2/h5-11,17,20H,3-4H2,1-2H3. The number of hydrogen-bond donors (Lipinski definition) is 1. The Morgan fingerprint density at radius 2 is 1.95 bits per heavy atom. The quantitative estimate of drug-likeness (QED) is 0.815. The van der Waals surface area contributed by atoms with Crippen molar-refractivity contribution in [3.05, 3.63) is 63.9 Å². The number of ether oxygens (including phenoxy) is 1. The van der Waals surface area contributed by atoms with Crippen molar-refractivity contribution in [2.75, 3.05) is 13.2 Å². The second-order valence-electron chi connectivity index (χ2n) is 4.63. The summed E-state index contributed by atoms with van der Waals surface area (Å²) in [7, 11) is 0. The molecule has 0 aromatic heterocycles. The van der Waals surface area contributed by atoms with Crippen LogP contribution in [0.5, 0.6) is 5.75 Å². The van der Waals surface area contributed by atoms with Gasteiger partial charge in [0.05, 0.1) is 12.6 Å². The van der Waals surface area contributed by atoms with Crippen molar-refractivity contribution in [2.45, 2.75) is 19.9 Å². The maximum atomic E-state index is 14.3. The molecular formula is C17H19BrFNO. The summed E-state index contributed by atoms with van der Waals surface area (Å²) in [6.07, 6.45) is 0. The second-order valence-corrected chi connectivity index (χ2v) is 5.49. The van der Waals surface area contributed by atoms with E-state index in [0.717, 1.165) is 22.3 Å². The molecule has 0 saturated carbocycles. The first-order valence-electron chi connectivity index (χ1n) is 7.07. The molecule has 0 bridgehead atoms. The summed E-state index contributed by atoms with van der Waals surface area (Å²) in [6, 6.07) is 12.6. The van der Waals surface area contributed by atoms with E-state index in [4.69, 9.17) is 4.74 Å². The number of hydrogen-bond acceptors (Lipinski definition) is 2. The summed E-state index contributed by atoms with van der Waals surface area (Å²) in [6.45, 7) is 5.30. The van der Waals surface area contributed by atoms with E-state index < -0.39 is 0 Å². The highest BCUT2D eigenvalue weighted by molar-refractivity contribution is 9.10. The SMILES string of the molecule is CCNC(c1cccc(OCC)c1)c1c(F)cccc1Br. The molecule has 0 radical (unpaired) electrons. The fraction of sp³-hybridized carbons (Fsp3) is 0.294. The van der Waals surface area contributed by atoms with E-state index in [1.54, 1.807) is 6.07 Å². The first-order chi connectivity index (χ1) is 10.2. The lowest BCUT2D eigenvalue weighted by Crippen LogP contribution is -2.23. The lowest BCUT2D eigenvalue weighted by molar-refractivity contribution is 0.339. The average Bonchev–Trinajstić information content (AvgIpc) is 2.47. The Morgan fingerprint density at radius 3 is 2.62 bits per heavy atom. The summed E-state index contributed by atoms with van der Waals surface area (Å²) in [5, 5.41) is 3.34. The van der Waals surface area contributed by atoms with E-state index in [0.29, 0.717) is 12.2 Å². The van der Waals surface area contributed by atoms with Crippen LogP contribution in [0.1, 0.15) is 31.0 Å². The van der Waals surface area contributed by atoms with E-state index in [1.165, 1.54) is 6.07 Å². The molecule has 0 heterocycles. The number of nitrogens with one attached hydrogen (secondary N) is 1. The lowest BCUT2D eigenvalue weighted by atomic mass is 9.98. The van der Waals surface area contributed by atoms with Crippen LogP contribution in [0, 0.1) is 5.82 Å². The van der Waals surface area contributed by atoms with E-state index >= 15 is 0 Å².